The molecule has 6 nitrogen and oxygen atoms in total. The summed E-state index contributed by atoms with van der Waals surface area (Å²) < 4.78 is 0. The molecule has 0 aliphatic carbocycles. The molecule has 0 aromatic heterocycles. The lowest BCUT2D eigenvalue weighted by atomic mass is 10.0. The minimum Gasteiger partial charge on any atom is -0.480 e. The van der Waals surface area contributed by atoms with Gasteiger partial charge in [0.2, 0.25) is 0 Å². The fourth-order valence-electron chi connectivity index (χ4n) is 2.28. The second-order valence-electron chi connectivity index (χ2n) is 5.79. The van der Waals surface area contributed by atoms with Gasteiger partial charge in [-0.3, -0.25) is 9.80 Å². The van der Waals surface area contributed by atoms with Crippen LogP contribution >= 0.6 is 0 Å². The van der Waals surface area contributed by atoms with Gasteiger partial charge in [0.15, 0.2) is 0 Å². The van der Waals surface area contributed by atoms with Gasteiger partial charge in [-0.15, -0.1) is 0 Å². The zero-order chi connectivity index (χ0) is 16.3. The summed E-state index contributed by atoms with van der Waals surface area (Å²) in [7, 11) is 0. The van der Waals surface area contributed by atoms with Crippen molar-refractivity contribution in [3.8, 4) is 0 Å². The summed E-state index contributed by atoms with van der Waals surface area (Å²) in [6.45, 7) is 6.34. The normalized spacial score (nSPS) is 15.6. The second kappa shape index (κ2) is 6.60. The first-order valence-corrected chi connectivity index (χ1v) is 7.34. The lowest BCUT2D eigenvalue weighted by Crippen LogP contribution is -2.44. The molecule has 0 radical (unpaired) electrons. The predicted octanol–water partition coefficient (Wildman–Crippen LogP) is 2.11. The molecule has 0 saturated heterocycles. The van der Waals surface area contributed by atoms with Crippen molar-refractivity contribution in [3.63, 3.8) is 0 Å². The van der Waals surface area contributed by atoms with E-state index in [0.29, 0.717) is 5.56 Å². The molecule has 1 atom stereocenters. The van der Waals surface area contributed by atoms with Gasteiger partial charge in [0.25, 0.3) is 5.91 Å². The van der Waals surface area contributed by atoms with E-state index in [0.717, 1.165) is 24.4 Å². The van der Waals surface area contributed by atoms with Gasteiger partial charge >= 0.3 is 5.97 Å². The van der Waals surface area contributed by atoms with Crippen LogP contribution in [-0.4, -0.2) is 35.3 Å². The number of amides is 1. The SMILES string of the molecule is CC1=NN(c2ccc(C(=O)N[C@@H](C(=O)O)C(C)C)cc2)CC1. The Kier molecular flexibility index (Phi) is 4.80. The minimum atomic E-state index is -1.03. The van der Waals surface area contributed by atoms with Crippen molar-refractivity contribution in [2.75, 3.05) is 11.6 Å². The highest BCUT2D eigenvalue weighted by Gasteiger charge is 2.24. The first-order valence-electron chi connectivity index (χ1n) is 7.34. The number of carboxylic acid groups (broad SMARTS) is 1. The van der Waals surface area contributed by atoms with Crippen LogP contribution < -0.4 is 10.3 Å². The van der Waals surface area contributed by atoms with Crippen molar-refractivity contribution in [3.05, 3.63) is 29.8 Å². The number of aliphatic carboxylic acids is 1. The van der Waals surface area contributed by atoms with Crippen molar-refractivity contribution in [1.82, 2.24) is 5.32 Å². The molecular formula is C16H21N3O3. The molecule has 0 spiro atoms. The highest BCUT2D eigenvalue weighted by molar-refractivity contribution is 5.97. The molecule has 0 saturated carbocycles. The summed E-state index contributed by atoms with van der Waals surface area (Å²) in [5, 5.41) is 18.0. The maximum Gasteiger partial charge on any atom is 0.326 e. The molecule has 118 valence electrons. The molecule has 2 rings (SSSR count). The number of carbonyl (C=O) groups excluding carboxylic acids is 1. The highest BCUT2D eigenvalue weighted by atomic mass is 16.4. The van der Waals surface area contributed by atoms with Crippen LogP contribution in [0.5, 0.6) is 0 Å². The van der Waals surface area contributed by atoms with Crippen molar-refractivity contribution in [2.24, 2.45) is 11.0 Å². The first kappa shape index (κ1) is 16.0. The molecule has 1 aromatic rings. The van der Waals surface area contributed by atoms with Crippen LogP contribution in [0, 0.1) is 5.92 Å². The number of nitrogens with zero attached hydrogens (tertiary/aromatic N) is 2. The summed E-state index contributed by atoms with van der Waals surface area (Å²) in [6.07, 6.45) is 0.941. The smallest absolute Gasteiger partial charge is 0.326 e. The number of hydrogen-bond acceptors (Lipinski definition) is 4. The Bertz CT molecular complexity index is 593. The third-order valence-electron chi connectivity index (χ3n) is 3.62. The van der Waals surface area contributed by atoms with Crippen molar-refractivity contribution in [2.45, 2.75) is 33.2 Å². The summed E-state index contributed by atoms with van der Waals surface area (Å²) in [5.74, 6) is -1.58. The number of hydrazone groups is 1. The second-order valence-corrected chi connectivity index (χ2v) is 5.79. The number of benzene rings is 1. The van der Waals surface area contributed by atoms with Crippen LogP contribution in [0.2, 0.25) is 0 Å². The van der Waals surface area contributed by atoms with E-state index in [1.807, 2.05) is 24.1 Å². The molecule has 1 aliphatic rings. The Hall–Kier alpha value is -2.37. The third-order valence-corrected chi connectivity index (χ3v) is 3.62. The van der Waals surface area contributed by atoms with Gasteiger partial charge in [-0.1, -0.05) is 13.8 Å². The lowest BCUT2D eigenvalue weighted by molar-refractivity contribution is -0.140. The molecule has 22 heavy (non-hydrogen) atoms. The van der Waals surface area contributed by atoms with Gasteiger partial charge < -0.3 is 10.4 Å². The van der Waals surface area contributed by atoms with Crippen molar-refractivity contribution < 1.29 is 14.7 Å². The van der Waals surface area contributed by atoms with Crippen LogP contribution in [0.25, 0.3) is 0 Å². The number of nitrogens with one attached hydrogen (secondary N) is 1. The van der Waals surface area contributed by atoms with Gasteiger partial charge in [0, 0.05) is 24.2 Å². The van der Waals surface area contributed by atoms with Gasteiger partial charge in [0.1, 0.15) is 6.04 Å². The van der Waals surface area contributed by atoms with E-state index in [4.69, 9.17) is 5.11 Å². The molecule has 1 heterocycles. The third kappa shape index (κ3) is 3.63. The van der Waals surface area contributed by atoms with Crippen molar-refractivity contribution >= 4 is 23.3 Å². The van der Waals surface area contributed by atoms with E-state index in [2.05, 4.69) is 10.4 Å². The van der Waals surface area contributed by atoms with E-state index < -0.39 is 12.0 Å². The van der Waals surface area contributed by atoms with Crippen LogP contribution in [0.3, 0.4) is 0 Å². The number of carboxylic acids is 1. The maximum atomic E-state index is 12.1. The fraction of sp³-hybridized carbons (Fsp3) is 0.438. The van der Waals surface area contributed by atoms with E-state index >= 15 is 0 Å². The summed E-state index contributed by atoms with van der Waals surface area (Å²) in [6, 6.07) is 6.13. The Morgan fingerprint density at radius 3 is 2.36 bits per heavy atom. The largest absolute Gasteiger partial charge is 0.480 e. The first-order chi connectivity index (χ1) is 10.4. The van der Waals surface area contributed by atoms with Gasteiger partial charge in [-0.2, -0.15) is 5.10 Å². The molecular weight excluding hydrogens is 282 g/mol. The average molecular weight is 303 g/mol. The molecule has 1 aliphatic heterocycles. The Morgan fingerprint density at radius 1 is 1.27 bits per heavy atom. The highest BCUT2D eigenvalue weighted by Crippen LogP contribution is 2.20. The van der Waals surface area contributed by atoms with E-state index in [1.165, 1.54) is 0 Å². The van der Waals surface area contributed by atoms with E-state index in [-0.39, 0.29) is 11.8 Å². The monoisotopic (exact) mass is 303 g/mol. The quantitative estimate of drug-likeness (QED) is 0.873. The van der Waals surface area contributed by atoms with Crippen molar-refractivity contribution in [1.29, 1.82) is 0 Å². The summed E-state index contributed by atoms with van der Waals surface area (Å²) in [5.41, 5.74) is 2.45. The Balaban J connectivity index is 2.06. The summed E-state index contributed by atoms with van der Waals surface area (Å²) >= 11 is 0. The fourth-order valence-corrected chi connectivity index (χ4v) is 2.28. The Morgan fingerprint density at radius 2 is 1.91 bits per heavy atom. The molecule has 0 bridgehead atoms. The van der Waals surface area contributed by atoms with Gasteiger partial charge in [-0.25, -0.2) is 4.79 Å². The Labute approximate surface area is 129 Å². The topological polar surface area (TPSA) is 82.0 Å². The van der Waals surface area contributed by atoms with Gasteiger partial charge in [-0.05, 0) is 37.1 Å². The zero-order valence-electron chi connectivity index (χ0n) is 13.0. The van der Waals surface area contributed by atoms with Crippen LogP contribution in [0.1, 0.15) is 37.6 Å². The number of anilines is 1. The molecule has 0 fully saturated rings. The van der Waals surface area contributed by atoms with Crippen LogP contribution in [-0.2, 0) is 4.79 Å². The standard InChI is InChI=1S/C16H21N3O3/c1-10(2)14(16(21)22)17-15(20)12-4-6-13(7-5-12)19-9-8-11(3)18-19/h4-7,10,14H,8-9H2,1-3H3,(H,17,20)(H,21,22)/t14-/m1/s1. The number of rotatable bonds is 5. The van der Waals surface area contributed by atoms with E-state index in [1.54, 1.807) is 26.0 Å². The minimum absolute atomic E-state index is 0.178. The lowest BCUT2D eigenvalue weighted by Gasteiger charge is -2.18. The predicted molar refractivity (Wildman–Crippen MR) is 85.2 cm³/mol. The maximum absolute atomic E-state index is 12.1. The number of carbonyl (C=O) groups is 2. The molecule has 1 aromatic carbocycles. The number of hydrogen-bond donors (Lipinski definition) is 2. The van der Waals surface area contributed by atoms with Crippen LogP contribution in [0.4, 0.5) is 5.69 Å². The molecule has 2 N–H and O–H groups in total. The zero-order valence-corrected chi connectivity index (χ0v) is 13.0. The van der Waals surface area contributed by atoms with E-state index in [9.17, 15) is 9.59 Å². The average Bonchev–Trinajstić information content (AvgIpc) is 2.90. The summed E-state index contributed by atoms with van der Waals surface area (Å²) in [4.78, 5) is 23.3. The van der Waals surface area contributed by atoms with Gasteiger partial charge in [0.05, 0.1) is 5.69 Å². The molecule has 6 heteroatoms. The molecule has 1 amide bonds. The molecule has 0 unspecified atom stereocenters. The van der Waals surface area contributed by atoms with Crippen LogP contribution in [0.15, 0.2) is 29.4 Å².